The highest BCUT2D eigenvalue weighted by Gasteiger charge is 2.20. The molecule has 0 bridgehead atoms. The predicted octanol–water partition coefficient (Wildman–Crippen LogP) is 2.09. The molecule has 0 spiro atoms. The number of carbonyl (C=O) groups excluding carboxylic acids is 1. The maximum Gasteiger partial charge on any atom is 0.310 e. The van der Waals surface area contributed by atoms with Gasteiger partial charge in [-0.15, -0.1) is 0 Å². The molecule has 0 aliphatic carbocycles. The number of rotatable bonds is 3. The highest BCUT2D eigenvalue weighted by molar-refractivity contribution is 6.29. The van der Waals surface area contributed by atoms with E-state index in [1.165, 1.54) is 0 Å². The summed E-state index contributed by atoms with van der Waals surface area (Å²) in [5.74, 6) is -1.40. The molecule has 16 heavy (non-hydrogen) atoms. The van der Waals surface area contributed by atoms with E-state index in [1.54, 1.807) is 0 Å². The SMILES string of the molecule is COC(=O)Cc1cc(Cl)nc(C(F)F)c1O. The smallest absolute Gasteiger partial charge is 0.310 e. The number of esters is 1. The van der Waals surface area contributed by atoms with Crippen LogP contribution in [0.25, 0.3) is 0 Å². The van der Waals surface area contributed by atoms with Gasteiger partial charge in [-0.3, -0.25) is 4.79 Å². The largest absolute Gasteiger partial charge is 0.506 e. The summed E-state index contributed by atoms with van der Waals surface area (Å²) in [5, 5.41) is 9.20. The molecule has 0 saturated carbocycles. The minimum atomic E-state index is -2.96. The number of aromatic nitrogens is 1. The molecule has 1 aromatic heterocycles. The van der Waals surface area contributed by atoms with Gasteiger partial charge in [0.25, 0.3) is 6.43 Å². The van der Waals surface area contributed by atoms with Crippen LogP contribution in [-0.4, -0.2) is 23.2 Å². The van der Waals surface area contributed by atoms with Gasteiger partial charge >= 0.3 is 5.97 Å². The van der Waals surface area contributed by atoms with Gasteiger partial charge in [0.05, 0.1) is 13.5 Å². The molecule has 1 heterocycles. The number of alkyl halides is 2. The molecule has 0 amide bonds. The number of methoxy groups -OCH3 is 1. The monoisotopic (exact) mass is 251 g/mol. The first-order valence-electron chi connectivity index (χ1n) is 4.19. The molecular formula is C9H8ClF2NO3. The lowest BCUT2D eigenvalue weighted by molar-refractivity contribution is -0.139. The third-order valence-corrected chi connectivity index (χ3v) is 2.03. The van der Waals surface area contributed by atoms with Gasteiger partial charge in [0.15, 0.2) is 0 Å². The number of hydrogen-bond donors (Lipinski definition) is 1. The van der Waals surface area contributed by atoms with Crippen molar-refractivity contribution in [1.82, 2.24) is 4.98 Å². The zero-order chi connectivity index (χ0) is 12.3. The Morgan fingerprint density at radius 1 is 1.69 bits per heavy atom. The van der Waals surface area contributed by atoms with Crippen LogP contribution in [-0.2, 0) is 16.0 Å². The summed E-state index contributed by atoms with van der Waals surface area (Å²) in [6.45, 7) is 0. The zero-order valence-electron chi connectivity index (χ0n) is 8.21. The molecule has 1 aromatic rings. The van der Waals surface area contributed by atoms with Gasteiger partial charge < -0.3 is 9.84 Å². The van der Waals surface area contributed by atoms with E-state index in [0.717, 1.165) is 13.2 Å². The molecule has 88 valence electrons. The van der Waals surface area contributed by atoms with E-state index in [-0.39, 0.29) is 17.1 Å². The van der Waals surface area contributed by atoms with Crippen molar-refractivity contribution in [1.29, 1.82) is 0 Å². The lowest BCUT2D eigenvalue weighted by Crippen LogP contribution is -2.06. The van der Waals surface area contributed by atoms with Gasteiger partial charge in [-0.2, -0.15) is 0 Å². The molecule has 0 radical (unpaired) electrons. The molecule has 0 unspecified atom stereocenters. The number of nitrogens with zero attached hydrogens (tertiary/aromatic N) is 1. The lowest BCUT2D eigenvalue weighted by Gasteiger charge is -2.08. The fourth-order valence-corrected chi connectivity index (χ4v) is 1.31. The van der Waals surface area contributed by atoms with E-state index in [0.29, 0.717) is 0 Å². The van der Waals surface area contributed by atoms with E-state index in [2.05, 4.69) is 9.72 Å². The van der Waals surface area contributed by atoms with E-state index < -0.39 is 23.8 Å². The molecule has 4 nitrogen and oxygen atoms in total. The summed E-state index contributed by atoms with van der Waals surface area (Å²) < 4.78 is 29.2. The molecular weight excluding hydrogens is 244 g/mol. The number of halogens is 3. The van der Waals surface area contributed by atoms with Crippen molar-refractivity contribution in [2.75, 3.05) is 7.11 Å². The molecule has 0 fully saturated rings. The highest BCUT2D eigenvalue weighted by Crippen LogP contribution is 2.31. The number of pyridine rings is 1. The Morgan fingerprint density at radius 3 is 2.81 bits per heavy atom. The standard InChI is InChI=1S/C9H8ClF2NO3/c1-16-6(14)3-4-2-5(10)13-7(8(4)15)9(11)12/h2,9,15H,3H2,1H3. The quantitative estimate of drug-likeness (QED) is 0.660. The summed E-state index contributed by atoms with van der Waals surface area (Å²) >= 11 is 5.49. The van der Waals surface area contributed by atoms with Crippen molar-refractivity contribution >= 4 is 17.6 Å². The molecule has 1 rings (SSSR count). The average Bonchev–Trinajstić information content (AvgIpc) is 2.22. The fourth-order valence-electron chi connectivity index (χ4n) is 1.09. The van der Waals surface area contributed by atoms with Gasteiger partial charge in [-0.1, -0.05) is 11.6 Å². The van der Waals surface area contributed by atoms with Crippen molar-refractivity contribution in [3.8, 4) is 5.75 Å². The molecule has 0 saturated heterocycles. The minimum Gasteiger partial charge on any atom is -0.506 e. The van der Waals surface area contributed by atoms with Gasteiger partial charge in [0.1, 0.15) is 16.6 Å². The van der Waals surface area contributed by atoms with Crippen LogP contribution in [0.15, 0.2) is 6.07 Å². The summed E-state index contributed by atoms with van der Waals surface area (Å²) in [7, 11) is 1.15. The van der Waals surface area contributed by atoms with Crippen LogP contribution in [0.5, 0.6) is 5.75 Å². The number of carbonyl (C=O) groups is 1. The van der Waals surface area contributed by atoms with Gasteiger partial charge in [-0.25, -0.2) is 13.8 Å². The van der Waals surface area contributed by atoms with E-state index in [9.17, 15) is 18.7 Å². The normalized spacial score (nSPS) is 10.6. The molecule has 0 aliphatic heterocycles. The third-order valence-electron chi connectivity index (χ3n) is 1.84. The summed E-state index contributed by atoms with van der Waals surface area (Å²) in [6.07, 6.45) is -3.31. The first-order valence-corrected chi connectivity index (χ1v) is 4.56. The highest BCUT2D eigenvalue weighted by atomic mass is 35.5. The van der Waals surface area contributed by atoms with Crippen molar-refractivity contribution in [3.63, 3.8) is 0 Å². The Morgan fingerprint density at radius 2 is 2.31 bits per heavy atom. The van der Waals surface area contributed by atoms with Crippen molar-refractivity contribution in [3.05, 3.63) is 22.5 Å². The van der Waals surface area contributed by atoms with Gasteiger partial charge in [0.2, 0.25) is 0 Å². The predicted molar refractivity (Wildman–Crippen MR) is 51.6 cm³/mol. The van der Waals surface area contributed by atoms with E-state index in [4.69, 9.17) is 11.6 Å². The summed E-state index contributed by atoms with van der Waals surface area (Å²) in [4.78, 5) is 14.2. The van der Waals surface area contributed by atoms with Crippen LogP contribution in [0.4, 0.5) is 8.78 Å². The van der Waals surface area contributed by atoms with Crippen molar-refractivity contribution < 1.29 is 23.4 Å². The van der Waals surface area contributed by atoms with Crippen LogP contribution in [0.1, 0.15) is 17.7 Å². The topological polar surface area (TPSA) is 59.4 Å². The Kier molecular flexibility index (Phi) is 4.00. The Balaban J connectivity index is 3.14. The Hall–Kier alpha value is -1.43. The van der Waals surface area contributed by atoms with Crippen LogP contribution >= 0.6 is 11.6 Å². The maximum absolute atomic E-state index is 12.4. The Labute approximate surface area is 94.8 Å². The molecule has 1 N–H and O–H groups in total. The minimum absolute atomic E-state index is 0.0397. The fraction of sp³-hybridized carbons (Fsp3) is 0.333. The Bertz CT molecular complexity index is 412. The van der Waals surface area contributed by atoms with Crippen molar-refractivity contribution in [2.24, 2.45) is 0 Å². The summed E-state index contributed by atoms with van der Waals surface area (Å²) in [5.41, 5.74) is -0.881. The van der Waals surface area contributed by atoms with Crippen LogP contribution in [0.3, 0.4) is 0 Å². The first-order chi connectivity index (χ1) is 7.45. The molecule has 7 heteroatoms. The summed E-state index contributed by atoms with van der Waals surface area (Å²) in [6, 6.07) is 1.14. The molecule has 0 atom stereocenters. The first kappa shape index (κ1) is 12.6. The van der Waals surface area contributed by atoms with Crippen LogP contribution < -0.4 is 0 Å². The molecule has 0 aromatic carbocycles. The van der Waals surface area contributed by atoms with Crippen molar-refractivity contribution in [2.45, 2.75) is 12.8 Å². The molecule has 0 aliphatic rings. The number of ether oxygens (including phenoxy) is 1. The third kappa shape index (κ3) is 2.79. The second-order valence-electron chi connectivity index (χ2n) is 2.89. The number of aromatic hydroxyl groups is 1. The second-order valence-corrected chi connectivity index (χ2v) is 3.28. The van der Waals surface area contributed by atoms with Crippen LogP contribution in [0.2, 0.25) is 5.15 Å². The maximum atomic E-state index is 12.4. The van der Waals surface area contributed by atoms with E-state index >= 15 is 0 Å². The lowest BCUT2D eigenvalue weighted by atomic mass is 10.1. The zero-order valence-corrected chi connectivity index (χ0v) is 8.96. The van der Waals surface area contributed by atoms with Crippen LogP contribution in [0, 0.1) is 0 Å². The van der Waals surface area contributed by atoms with Gasteiger partial charge in [-0.05, 0) is 6.07 Å². The van der Waals surface area contributed by atoms with E-state index in [1.807, 2.05) is 0 Å². The number of hydrogen-bond acceptors (Lipinski definition) is 4. The average molecular weight is 252 g/mol. The second kappa shape index (κ2) is 5.07. The van der Waals surface area contributed by atoms with Gasteiger partial charge in [0, 0.05) is 5.56 Å².